The molecule has 1 aromatic heterocycles. The number of benzene rings is 1. The van der Waals surface area contributed by atoms with Crippen LogP contribution in [-0.2, 0) is 24.1 Å². The minimum Gasteiger partial charge on any atom is -0.372 e. The quantitative estimate of drug-likeness (QED) is 0.883. The molecule has 1 aromatic carbocycles. The van der Waals surface area contributed by atoms with Crippen molar-refractivity contribution < 1.29 is 17.9 Å². The standard InChI is InChI=1S/C19H21F3N4O/c1-26-8-2-3-14(9-26)23-18-16-11-27-10-15(16)17(24-25-18)12-4-6-13(7-5-12)19(20,21)22/h4-7,14H,2-3,8-11H2,1H3,(H,23,25)/t14-/m1/s1. The van der Waals surface area contributed by atoms with Gasteiger partial charge in [0.1, 0.15) is 0 Å². The van der Waals surface area contributed by atoms with Crippen LogP contribution in [0.3, 0.4) is 0 Å². The van der Waals surface area contributed by atoms with Crippen LogP contribution in [0.2, 0.25) is 0 Å². The predicted octanol–water partition coefficient (Wildman–Crippen LogP) is 3.70. The Bertz CT molecular complexity index is 823. The van der Waals surface area contributed by atoms with Gasteiger partial charge in [-0.05, 0) is 38.6 Å². The Labute approximate surface area is 155 Å². The number of halogens is 3. The molecule has 4 rings (SSSR count). The lowest BCUT2D eigenvalue weighted by Gasteiger charge is -2.30. The van der Waals surface area contributed by atoms with Crippen molar-refractivity contribution in [1.82, 2.24) is 15.1 Å². The lowest BCUT2D eigenvalue weighted by molar-refractivity contribution is -0.137. The fraction of sp³-hybridized carbons (Fsp3) is 0.474. The van der Waals surface area contributed by atoms with E-state index >= 15 is 0 Å². The van der Waals surface area contributed by atoms with Crippen LogP contribution in [0, 0.1) is 0 Å². The molecule has 2 aliphatic rings. The Balaban J connectivity index is 1.61. The van der Waals surface area contributed by atoms with Crippen molar-refractivity contribution in [2.75, 3.05) is 25.5 Å². The molecule has 0 unspecified atom stereocenters. The largest absolute Gasteiger partial charge is 0.416 e. The molecule has 27 heavy (non-hydrogen) atoms. The Morgan fingerprint density at radius 1 is 1.11 bits per heavy atom. The van der Waals surface area contributed by atoms with E-state index in [1.807, 2.05) is 0 Å². The number of rotatable bonds is 3. The van der Waals surface area contributed by atoms with E-state index in [0.717, 1.165) is 55.0 Å². The van der Waals surface area contributed by atoms with Crippen molar-refractivity contribution >= 4 is 5.82 Å². The molecule has 1 atom stereocenters. The molecule has 0 bridgehead atoms. The first-order chi connectivity index (χ1) is 12.9. The summed E-state index contributed by atoms with van der Waals surface area (Å²) in [6, 6.07) is 5.33. The molecule has 1 fully saturated rings. The number of likely N-dealkylation sites (tertiary alicyclic amines) is 1. The number of ether oxygens (including phenoxy) is 1. The third-order valence-electron chi connectivity index (χ3n) is 5.13. The van der Waals surface area contributed by atoms with Crippen molar-refractivity contribution in [3.05, 3.63) is 41.0 Å². The van der Waals surface area contributed by atoms with E-state index in [-0.39, 0.29) is 0 Å². The number of fused-ring (bicyclic) bond motifs is 1. The smallest absolute Gasteiger partial charge is 0.372 e. The minimum absolute atomic E-state index is 0.305. The summed E-state index contributed by atoms with van der Waals surface area (Å²) in [6.07, 6.45) is -2.15. The molecule has 3 heterocycles. The van der Waals surface area contributed by atoms with Crippen LogP contribution in [-0.4, -0.2) is 41.3 Å². The normalized spacial score (nSPS) is 20.5. The maximum atomic E-state index is 12.8. The van der Waals surface area contributed by atoms with Crippen LogP contribution in [0.4, 0.5) is 19.0 Å². The molecule has 8 heteroatoms. The van der Waals surface area contributed by atoms with Crippen LogP contribution in [0.25, 0.3) is 11.3 Å². The molecule has 2 aromatic rings. The second-order valence-electron chi connectivity index (χ2n) is 7.17. The number of nitrogens with one attached hydrogen (secondary N) is 1. The van der Waals surface area contributed by atoms with Gasteiger partial charge in [-0.3, -0.25) is 0 Å². The lowest BCUT2D eigenvalue weighted by atomic mass is 10.0. The number of aromatic nitrogens is 2. The zero-order valence-electron chi connectivity index (χ0n) is 15.0. The van der Waals surface area contributed by atoms with E-state index in [9.17, 15) is 13.2 Å². The SMILES string of the molecule is CN1CCC[C@@H](Nc2nnc(-c3ccc(C(F)(F)F)cc3)c3c2COC3)C1. The molecule has 0 amide bonds. The molecule has 1 saturated heterocycles. The van der Waals surface area contributed by atoms with Crippen molar-refractivity contribution in [2.45, 2.75) is 38.3 Å². The van der Waals surface area contributed by atoms with Crippen LogP contribution < -0.4 is 5.32 Å². The number of piperidine rings is 1. The predicted molar refractivity (Wildman–Crippen MR) is 95.1 cm³/mol. The number of hydrogen-bond acceptors (Lipinski definition) is 5. The van der Waals surface area contributed by atoms with E-state index in [2.05, 4.69) is 27.5 Å². The summed E-state index contributed by atoms with van der Waals surface area (Å²) in [5.41, 5.74) is 2.38. The highest BCUT2D eigenvalue weighted by molar-refractivity contribution is 5.68. The number of hydrogen-bond donors (Lipinski definition) is 1. The summed E-state index contributed by atoms with van der Waals surface area (Å²) in [5, 5.41) is 12.1. The number of anilines is 1. The van der Waals surface area contributed by atoms with Gasteiger partial charge in [0.15, 0.2) is 5.82 Å². The Morgan fingerprint density at radius 3 is 2.56 bits per heavy atom. The number of nitrogens with zero attached hydrogens (tertiary/aromatic N) is 3. The number of alkyl halides is 3. The van der Waals surface area contributed by atoms with Gasteiger partial charge in [0, 0.05) is 29.3 Å². The van der Waals surface area contributed by atoms with Crippen LogP contribution in [0.5, 0.6) is 0 Å². The van der Waals surface area contributed by atoms with Gasteiger partial charge in [0.25, 0.3) is 0 Å². The Morgan fingerprint density at radius 2 is 1.85 bits per heavy atom. The fourth-order valence-corrected chi connectivity index (χ4v) is 3.72. The molecular formula is C19H21F3N4O. The van der Waals surface area contributed by atoms with E-state index in [1.165, 1.54) is 12.1 Å². The maximum absolute atomic E-state index is 12.8. The summed E-state index contributed by atoms with van der Waals surface area (Å²) >= 11 is 0. The second-order valence-corrected chi connectivity index (χ2v) is 7.17. The van der Waals surface area contributed by atoms with Gasteiger partial charge < -0.3 is 15.0 Å². The molecular weight excluding hydrogens is 357 g/mol. The first-order valence-corrected chi connectivity index (χ1v) is 9.00. The molecule has 0 radical (unpaired) electrons. The molecule has 144 valence electrons. The molecule has 0 saturated carbocycles. The highest BCUT2D eigenvalue weighted by Crippen LogP contribution is 2.35. The average molecular weight is 378 g/mol. The van der Waals surface area contributed by atoms with Crippen molar-refractivity contribution in [3.8, 4) is 11.3 Å². The van der Waals surface area contributed by atoms with Crippen molar-refractivity contribution in [1.29, 1.82) is 0 Å². The van der Waals surface area contributed by atoms with E-state index in [4.69, 9.17) is 4.74 Å². The lowest BCUT2D eigenvalue weighted by Crippen LogP contribution is -2.40. The summed E-state index contributed by atoms with van der Waals surface area (Å²) in [5.74, 6) is 0.721. The molecule has 1 N–H and O–H groups in total. The summed E-state index contributed by atoms with van der Waals surface area (Å²) < 4.78 is 44.0. The van der Waals surface area contributed by atoms with E-state index < -0.39 is 11.7 Å². The van der Waals surface area contributed by atoms with E-state index in [1.54, 1.807) is 0 Å². The van der Waals surface area contributed by atoms with Gasteiger partial charge in [-0.25, -0.2) is 0 Å². The third-order valence-corrected chi connectivity index (χ3v) is 5.13. The summed E-state index contributed by atoms with van der Waals surface area (Å²) in [6.45, 7) is 2.86. The second kappa shape index (κ2) is 7.09. The highest BCUT2D eigenvalue weighted by atomic mass is 19.4. The monoisotopic (exact) mass is 378 g/mol. The Hall–Kier alpha value is -2.19. The van der Waals surface area contributed by atoms with Crippen molar-refractivity contribution in [2.24, 2.45) is 0 Å². The van der Waals surface area contributed by atoms with Gasteiger partial charge in [-0.2, -0.15) is 13.2 Å². The molecule has 5 nitrogen and oxygen atoms in total. The zero-order valence-corrected chi connectivity index (χ0v) is 15.0. The molecule has 0 spiro atoms. The zero-order chi connectivity index (χ0) is 19.0. The first kappa shape index (κ1) is 18.2. The minimum atomic E-state index is -4.35. The highest BCUT2D eigenvalue weighted by Gasteiger charge is 2.30. The van der Waals surface area contributed by atoms with E-state index in [0.29, 0.717) is 30.5 Å². The third kappa shape index (κ3) is 3.77. The molecule has 2 aliphatic heterocycles. The van der Waals surface area contributed by atoms with Gasteiger partial charge >= 0.3 is 6.18 Å². The van der Waals surface area contributed by atoms with Gasteiger partial charge in [0.05, 0.1) is 24.5 Å². The van der Waals surface area contributed by atoms with Gasteiger partial charge in [0.2, 0.25) is 0 Å². The maximum Gasteiger partial charge on any atom is 0.416 e. The van der Waals surface area contributed by atoms with Crippen LogP contribution in [0.1, 0.15) is 29.5 Å². The van der Waals surface area contributed by atoms with Crippen molar-refractivity contribution in [3.63, 3.8) is 0 Å². The number of likely N-dealkylation sites (N-methyl/N-ethyl adjacent to an activating group) is 1. The van der Waals surface area contributed by atoms with Crippen LogP contribution in [0.15, 0.2) is 24.3 Å². The van der Waals surface area contributed by atoms with Crippen LogP contribution >= 0.6 is 0 Å². The average Bonchev–Trinajstić information content (AvgIpc) is 3.12. The Kier molecular flexibility index (Phi) is 4.77. The molecule has 0 aliphatic carbocycles. The van der Waals surface area contributed by atoms with Gasteiger partial charge in [-0.1, -0.05) is 12.1 Å². The summed E-state index contributed by atoms with van der Waals surface area (Å²) in [7, 11) is 2.10. The first-order valence-electron chi connectivity index (χ1n) is 9.00. The summed E-state index contributed by atoms with van der Waals surface area (Å²) in [4.78, 5) is 2.28. The fourth-order valence-electron chi connectivity index (χ4n) is 3.72. The topological polar surface area (TPSA) is 50.3 Å². The van der Waals surface area contributed by atoms with Gasteiger partial charge in [-0.15, -0.1) is 10.2 Å².